The standard InChI is InChI=1S/C76H131NO18/c1-3-5-7-9-11-13-15-17-19-21-22-23-24-25-26-27-28-29-30-31-32-33-34-35-36-38-40-42-44-46-48-50-52-54-64(82)77-59(60(81)53-51-49-47-45-43-41-39-37-20-18-16-14-12-10-8-6-4-2)58-90-74-70(88)67(85)72(62(56-79)92-74)95-76-71(89)68(86)73(63(57-80)93-76)94-75-69(87)66(84)65(83)61(55-78)91-75/h5,7,11,13,17,19,22-23,25-26,28-29,31-32,51,53,59-63,65-76,78-81,83-89H,3-4,6,8-10,12,14-16,18,20-21,24,27,30,33-50,52,54-58H2,1-2H3,(H,77,82)/b7-5-,13-11-,19-17-,23-22-,26-25-,29-28-,32-31-,53-51+. The van der Waals surface area contributed by atoms with Gasteiger partial charge in [-0.2, -0.15) is 0 Å². The zero-order chi connectivity index (χ0) is 68.9. The average molecular weight is 1350 g/mol. The highest BCUT2D eigenvalue weighted by atomic mass is 16.8. The highest BCUT2D eigenvalue weighted by Gasteiger charge is 2.53. The van der Waals surface area contributed by atoms with Crippen LogP contribution in [0.25, 0.3) is 0 Å². The number of aliphatic hydroxyl groups excluding tert-OH is 11. The minimum Gasteiger partial charge on any atom is -0.394 e. The summed E-state index contributed by atoms with van der Waals surface area (Å²) in [5, 5.41) is 121. The fourth-order valence-corrected chi connectivity index (χ4v) is 11.9. The molecule has 0 spiro atoms. The Bertz CT molecular complexity index is 2100. The summed E-state index contributed by atoms with van der Waals surface area (Å²) in [6.45, 7) is 1.62. The summed E-state index contributed by atoms with van der Waals surface area (Å²) in [5.74, 6) is -0.282. The molecular formula is C76H131NO18. The van der Waals surface area contributed by atoms with Gasteiger partial charge >= 0.3 is 0 Å². The predicted octanol–water partition coefficient (Wildman–Crippen LogP) is 10.8. The lowest BCUT2D eigenvalue weighted by atomic mass is 9.96. The molecule has 0 aromatic rings. The van der Waals surface area contributed by atoms with Gasteiger partial charge in [0, 0.05) is 6.42 Å². The largest absolute Gasteiger partial charge is 0.394 e. The number of unbranched alkanes of at least 4 members (excludes halogenated alkanes) is 26. The molecule has 3 rings (SSSR count). The molecule has 0 bridgehead atoms. The van der Waals surface area contributed by atoms with Gasteiger partial charge in [0.25, 0.3) is 0 Å². The molecule has 0 aromatic carbocycles. The van der Waals surface area contributed by atoms with E-state index >= 15 is 0 Å². The number of amides is 1. The van der Waals surface area contributed by atoms with Crippen molar-refractivity contribution < 1.29 is 89.4 Å². The Balaban J connectivity index is 1.39. The zero-order valence-electron chi connectivity index (χ0n) is 58.1. The molecule has 3 heterocycles. The van der Waals surface area contributed by atoms with Gasteiger partial charge < -0.3 is 89.9 Å². The van der Waals surface area contributed by atoms with Crippen molar-refractivity contribution in [1.82, 2.24) is 5.32 Å². The minimum absolute atomic E-state index is 0.234. The van der Waals surface area contributed by atoms with E-state index in [4.69, 9.17) is 28.4 Å². The zero-order valence-corrected chi connectivity index (χ0v) is 58.1. The summed E-state index contributed by atoms with van der Waals surface area (Å²) in [5.41, 5.74) is 0. The molecule has 17 unspecified atom stereocenters. The molecule has 0 aliphatic carbocycles. The van der Waals surface area contributed by atoms with Crippen molar-refractivity contribution in [3.05, 3.63) is 97.2 Å². The van der Waals surface area contributed by atoms with E-state index in [1.807, 2.05) is 6.08 Å². The van der Waals surface area contributed by atoms with E-state index in [1.54, 1.807) is 6.08 Å². The fourth-order valence-electron chi connectivity index (χ4n) is 11.9. The molecule has 1 amide bonds. The average Bonchev–Trinajstić information content (AvgIpc) is 0.786. The Kier molecular flexibility index (Phi) is 51.1. The highest BCUT2D eigenvalue weighted by molar-refractivity contribution is 5.76. The lowest BCUT2D eigenvalue weighted by Crippen LogP contribution is -2.66. The third kappa shape index (κ3) is 37.6. The molecule has 12 N–H and O–H groups in total. The van der Waals surface area contributed by atoms with Crippen LogP contribution < -0.4 is 5.32 Å². The summed E-state index contributed by atoms with van der Waals surface area (Å²) in [4.78, 5) is 13.4. The maximum Gasteiger partial charge on any atom is 0.220 e. The lowest BCUT2D eigenvalue weighted by molar-refractivity contribution is -0.379. The van der Waals surface area contributed by atoms with E-state index in [9.17, 15) is 61.0 Å². The Morgan fingerprint density at radius 3 is 1.14 bits per heavy atom. The maximum atomic E-state index is 13.4. The van der Waals surface area contributed by atoms with Crippen molar-refractivity contribution in [3.8, 4) is 0 Å². The molecule has 0 aromatic heterocycles. The van der Waals surface area contributed by atoms with Gasteiger partial charge in [0.05, 0.1) is 38.6 Å². The second kappa shape index (κ2) is 56.5. The van der Waals surface area contributed by atoms with Gasteiger partial charge in [-0.3, -0.25) is 4.79 Å². The van der Waals surface area contributed by atoms with Gasteiger partial charge in [0.15, 0.2) is 18.9 Å². The molecule has 95 heavy (non-hydrogen) atoms. The first-order chi connectivity index (χ1) is 46.3. The van der Waals surface area contributed by atoms with E-state index in [1.165, 1.54) is 116 Å². The van der Waals surface area contributed by atoms with Crippen LogP contribution >= 0.6 is 0 Å². The lowest BCUT2D eigenvalue weighted by Gasteiger charge is -2.48. The summed E-state index contributed by atoms with van der Waals surface area (Å²) < 4.78 is 34.4. The number of hydrogen-bond acceptors (Lipinski definition) is 18. The van der Waals surface area contributed by atoms with Crippen molar-refractivity contribution >= 4 is 5.91 Å². The highest BCUT2D eigenvalue weighted by Crippen LogP contribution is 2.33. The van der Waals surface area contributed by atoms with Gasteiger partial charge in [0.2, 0.25) is 5.91 Å². The van der Waals surface area contributed by atoms with Crippen LogP contribution in [0.1, 0.15) is 245 Å². The predicted molar refractivity (Wildman–Crippen MR) is 374 cm³/mol. The second-order valence-corrected chi connectivity index (χ2v) is 26.0. The van der Waals surface area contributed by atoms with Gasteiger partial charge in [-0.05, 0) is 77.0 Å². The molecule has 3 saturated heterocycles. The van der Waals surface area contributed by atoms with Crippen molar-refractivity contribution in [2.45, 2.75) is 349 Å². The second-order valence-electron chi connectivity index (χ2n) is 26.0. The number of carbonyl (C=O) groups is 1. The summed E-state index contributed by atoms with van der Waals surface area (Å²) in [7, 11) is 0. The van der Waals surface area contributed by atoms with E-state index < -0.39 is 124 Å². The van der Waals surface area contributed by atoms with Crippen LogP contribution in [0.5, 0.6) is 0 Å². The molecule has 0 saturated carbocycles. The van der Waals surface area contributed by atoms with Crippen molar-refractivity contribution in [2.24, 2.45) is 0 Å². The van der Waals surface area contributed by atoms with Crippen LogP contribution in [0.15, 0.2) is 97.2 Å². The van der Waals surface area contributed by atoms with Crippen LogP contribution in [-0.2, 0) is 33.2 Å². The van der Waals surface area contributed by atoms with Crippen LogP contribution in [0.3, 0.4) is 0 Å². The van der Waals surface area contributed by atoms with Gasteiger partial charge in [-0.25, -0.2) is 0 Å². The van der Waals surface area contributed by atoms with E-state index in [0.29, 0.717) is 6.42 Å². The van der Waals surface area contributed by atoms with E-state index in [2.05, 4.69) is 104 Å². The Morgan fingerprint density at radius 2 is 0.726 bits per heavy atom. The maximum absolute atomic E-state index is 13.4. The number of rotatable bonds is 56. The third-order valence-electron chi connectivity index (χ3n) is 17.9. The van der Waals surface area contributed by atoms with Crippen molar-refractivity contribution in [3.63, 3.8) is 0 Å². The number of hydrogen-bond donors (Lipinski definition) is 12. The van der Waals surface area contributed by atoms with Gasteiger partial charge in [-0.15, -0.1) is 0 Å². The Labute approximate surface area is 571 Å². The first-order valence-electron chi connectivity index (χ1n) is 37.0. The molecule has 17 atom stereocenters. The van der Waals surface area contributed by atoms with E-state index in [-0.39, 0.29) is 18.9 Å². The first kappa shape index (κ1) is 85.9. The summed E-state index contributed by atoms with van der Waals surface area (Å²) in [6.07, 6.45) is 48.0. The monoisotopic (exact) mass is 1350 g/mol. The quantitative estimate of drug-likeness (QED) is 0.0199. The van der Waals surface area contributed by atoms with Crippen LogP contribution in [0, 0.1) is 0 Å². The summed E-state index contributed by atoms with van der Waals surface area (Å²) in [6, 6.07) is -0.981. The fraction of sp³-hybridized carbons (Fsp3) is 0.776. The SMILES string of the molecule is CC/C=C\C/C=C\C/C=C\C/C=C\C/C=C\C/C=C\C/C=C\CCCCCCCCCCCCCC(=O)NC(COC1OC(CO)C(OC2OC(CO)C(OC3OC(CO)C(O)C(O)C3O)C(O)C2O)C(O)C1O)C(O)/C=C/CCCCCCCCCCCCCCCCC. The number of aliphatic hydroxyl groups is 11. The molecule has 548 valence electrons. The van der Waals surface area contributed by atoms with Crippen LogP contribution in [-0.4, -0.2) is 193 Å². The first-order valence-corrected chi connectivity index (χ1v) is 37.0. The van der Waals surface area contributed by atoms with Gasteiger partial charge in [0.1, 0.15) is 73.2 Å². The van der Waals surface area contributed by atoms with Crippen molar-refractivity contribution in [1.29, 1.82) is 0 Å². The van der Waals surface area contributed by atoms with Crippen LogP contribution in [0.4, 0.5) is 0 Å². The smallest absolute Gasteiger partial charge is 0.220 e. The van der Waals surface area contributed by atoms with Crippen LogP contribution in [0.2, 0.25) is 0 Å². The topological polar surface area (TPSA) is 307 Å². The Morgan fingerprint density at radius 1 is 0.389 bits per heavy atom. The number of allylic oxidation sites excluding steroid dienone is 15. The normalized spacial score (nSPS) is 27.8. The molecule has 3 aliphatic rings. The van der Waals surface area contributed by atoms with E-state index in [0.717, 1.165) is 103 Å². The van der Waals surface area contributed by atoms with Gasteiger partial charge in [-0.1, -0.05) is 259 Å². The molecule has 0 radical (unpaired) electrons. The summed E-state index contributed by atoms with van der Waals surface area (Å²) >= 11 is 0. The van der Waals surface area contributed by atoms with Crippen molar-refractivity contribution in [2.75, 3.05) is 26.4 Å². The molecule has 3 fully saturated rings. The minimum atomic E-state index is -1.98. The number of ether oxygens (including phenoxy) is 6. The molecule has 19 nitrogen and oxygen atoms in total. The third-order valence-corrected chi connectivity index (χ3v) is 17.9. The number of carbonyl (C=O) groups excluding carboxylic acids is 1. The molecule has 3 aliphatic heterocycles. The Hall–Kier alpha value is -3.29. The number of nitrogens with one attached hydrogen (secondary N) is 1. The molecule has 19 heteroatoms. The molecular weight excluding hydrogens is 1210 g/mol.